The minimum absolute atomic E-state index is 0.259. The highest BCUT2D eigenvalue weighted by Gasteiger charge is 2.41. The van der Waals surface area contributed by atoms with Crippen LogP contribution in [-0.4, -0.2) is 34.4 Å². The number of aliphatic carboxylic acids is 2. The molecule has 0 aromatic rings. The summed E-state index contributed by atoms with van der Waals surface area (Å²) in [4.78, 5) is 22.3. The summed E-state index contributed by atoms with van der Waals surface area (Å²) in [6.07, 6.45) is 5.02. The molecule has 19 heavy (non-hydrogen) atoms. The third-order valence-electron chi connectivity index (χ3n) is 3.14. The van der Waals surface area contributed by atoms with Crippen LogP contribution in [0.4, 0.5) is 0 Å². The molecule has 0 spiro atoms. The lowest BCUT2D eigenvalue weighted by Gasteiger charge is -2.28. The van der Waals surface area contributed by atoms with Crippen LogP contribution in [0.2, 0.25) is 0 Å². The fraction of sp³-hybridized carbons (Fsp3) is 0.857. The molecule has 0 heterocycles. The first-order chi connectivity index (χ1) is 8.98. The van der Waals surface area contributed by atoms with Gasteiger partial charge in [0.2, 0.25) is 0 Å². The van der Waals surface area contributed by atoms with Gasteiger partial charge in [-0.15, -0.1) is 0 Å². The predicted octanol–water partition coefficient (Wildman–Crippen LogP) is 3.07. The standard InChI is InChI=1S/C14H26O5/c1-3-5-7-9-14(13(17)18,11-12(15)16)19-10-8-6-4-2/h3-11H2,1-2H3,(H,15,16)(H,17,18). The molecule has 0 aliphatic carbocycles. The van der Waals surface area contributed by atoms with Crippen molar-refractivity contribution in [3.8, 4) is 0 Å². The maximum Gasteiger partial charge on any atom is 0.336 e. The third-order valence-corrected chi connectivity index (χ3v) is 3.14. The Balaban J connectivity index is 4.61. The van der Waals surface area contributed by atoms with Crippen LogP contribution in [0.5, 0.6) is 0 Å². The average Bonchev–Trinajstić information content (AvgIpc) is 2.33. The maximum absolute atomic E-state index is 11.4. The van der Waals surface area contributed by atoms with Crippen LogP contribution in [0.15, 0.2) is 0 Å². The van der Waals surface area contributed by atoms with Crippen LogP contribution >= 0.6 is 0 Å². The molecule has 0 aliphatic rings. The van der Waals surface area contributed by atoms with E-state index in [9.17, 15) is 14.7 Å². The van der Waals surface area contributed by atoms with Gasteiger partial charge in [-0.1, -0.05) is 39.5 Å². The zero-order valence-electron chi connectivity index (χ0n) is 12.0. The molecule has 0 bridgehead atoms. The molecule has 1 unspecified atom stereocenters. The Morgan fingerprint density at radius 3 is 2.05 bits per heavy atom. The molecule has 0 aromatic carbocycles. The van der Waals surface area contributed by atoms with Crippen molar-refractivity contribution in [1.82, 2.24) is 0 Å². The number of ether oxygens (including phenoxy) is 1. The molecule has 0 aliphatic heterocycles. The summed E-state index contributed by atoms with van der Waals surface area (Å²) < 4.78 is 5.47. The largest absolute Gasteiger partial charge is 0.481 e. The Morgan fingerprint density at radius 2 is 1.58 bits per heavy atom. The van der Waals surface area contributed by atoms with Crippen molar-refractivity contribution >= 4 is 11.9 Å². The summed E-state index contributed by atoms with van der Waals surface area (Å²) in [5, 5.41) is 18.3. The van der Waals surface area contributed by atoms with Crippen molar-refractivity contribution in [3.63, 3.8) is 0 Å². The van der Waals surface area contributed by atoms with Gasteiger partial charge in [-0.3, -0.25) is 4.79 Å². The molecule has 0 fully saturated rings. The van der Waals surface area contributed by atoms with Gasteiger partial charge in [0.05, 0.1) is 6.42 Å². The summed E-state index contributed by atoms with van der Waals surface area (Å²) in [5.41, 5.74) is -1.56. The van der Waals surface area contributed by atoms with E-state index in [-0.39, 0.29) is 6.42 Å². The van der Waals surface area contributed by atoms with Crippen molar-refractivity contribution in [2.24, 2.45) is 0 Å². The van der Waals surface area contributed by atoms with E-state index in [4.69, 9.17) is 9.84 Å². The lowest BCUT2D eigenvalue weighted by molar-refractivity contribution is -0.174. The zero-order valence-corrected chi connectivity index (χ0v) is 12.0. The molecule has 2 N–H and O–H groups in total. The van der Waals surface area contributed by atoms with Crippen molar-refractivity contribution in [2.45, 2.75) is 70.8 Å². The Bertz CT molecular complexity index is 277. The Morgan fingerprint density at radius 1 is 1.00 bits per heavy atom. The van der Waals surface area contributed by atoms with Gasteiger partial charge < -0.3 is 14.9 Å². The van der Waals surface area contributed by atoms with Crippen molar-refractivity contribution < 1.29 is 24.5 Å². The molecule has 0 radical (unpaired) electrons. The van der Waals surface area contributed by atoms with E-state index in [1.54, 1.807) is 0 Å². The number of unbranched alkanes of at least 4 members (excludes halogenated alkanes) is 4. The van der Waals surface area contributed by atoms with Crippen LogP contribution in [-0.2, 0) is 14.3 Å². The van der Waals surface area contributed by atoms with Gasteiger partial charge in [0.15, 0.2) is 5.60 Å². The predicted molar refractivity (Wildman–Crippen MR) is 72.2 cm³/mol. The molecular weight excluding hydrogens is 248 g/mol. The molecule has 0 amide bonds. The Labute approximate surface area is 115 Å². The molecule has 5 nitrogen and oxygen atoms in total. The topological polar surface area (TPSA) is 83.8 Å². The second-order valence-electron chi connectivity index (χ2n) is 4.88. The summed E-state index contributed by atoms with van der Waals surface area (Å²) in [6, 6.07) is 0. The lowest BCUT2D eigenvalue weighted by Crippen LogP contribution is -2.44. The first-order valence-corrected chi connectivity index (χ1v) is 7.07. The number of carboxylic acid groups (broad SMARTS) is 2. The monoisotopic (exact) mass is 274 g/mol. The quantitative estimate of drug-likeness (QED) is 0.534. The Kier molecular flexibility index (Phi) is 9.21. The second-order valence-corrected chi connectivity index (χ2v) is 4.88. The van der Waals surface area contributed by atoms with Crippen LogP contribution < -0.4 is 0 Å². The first-order valence-electron chi connectivity index (χ1n) is 7.07. The molecular formula is C14H26O5. The highest BCUT2D eigenvalue weighted by atomic mass is 16.5. The average molecular weight is 274 g/mol. The number of hydrogen-bond donors (Lipinski definition) is 2. The molecule has 112 valence electrons. The smallest absolute Gasteiger partial charge is 0.336 e. The molecule has 0 saturated carbocycles. The van der Waals surface area contributed by atoms with Crippen LogP contribution in [0.3, 0.4) is 0 Å². The maximum atomic E-state index is 11.4. The molecule has 0 aromatic heterocycles. The number of carboxylic acids is 2. The highest BCUT2D eigenvalue weighted by molar-refractivity contribution is 5.83. The van der Waals surface area contributed by atoms with Gasteiger partial charge in [0, 0.05) is 6.61 Å². The van der Waals surface area contributed by atoms with Gasteiger partial charge in [0.1, 0.15) is 0 Å². The van der Waals surface area contributed by atoms with Gasteiger partial charge in [-0.2, -0.15) is 0 Å². The van der Waals surface area contributed by atoms with E-state index in [1.165, 1.54) is 0 Å². The molecule has 0 saturated heterocycles. The van der Waals surface area contributed by atoms with E-state index < -0.39 is 24.0 Å². The van der Waals surface area contributed by atoms with Crippen molar-refractivity contribution in [1.29, 1.82) is 0 Å². The van der Waals surface area contributed by atoms with Crippen LogP contribution in [0.1, 0.15) is 65.2 Å². The number of carbonyl (C=O) groups is 2. The van der Waals surface area contributed by atoms with E-state index in [0.29, 0.717) is 13.0 Å². The van der Waals surface area contributed by atoms with E-state index >= 15 is 0 Å². The molecule has 1 atom stereocenters. The van der Waals surface area contributed by atoms with E-state index in [2.05, 4.69) is 0 Å². The van der Waals surface area contributed by atoms with Gasteiger partial charge in [-0.05, 0) is 19.3 Å². The van der Waals surface area contributed by atoms with Crippen LogP contribution in [0.25, 0.3) is 0 Å². The lowest BCUT2D eigenvalue weighted by atomic mass is 9.92. The summed E-state index contributed by atoms with van der Waals surface area (Å²) in [7, 11) is 0. The molecule has 5 heteroatoms. The van der Waals surface area contributed by atoms with Gasteiger partial charge in [-0.25, -0.2) is 4.79 Å². The van der Waals surface area contributed by atoms with Crippen molar-refractivity contribution in [3.05, 3.63) is 0 Å². The third kappa shape index (κ3) is 7.15. The molecule has 0 rings (SSSR count). The Hall–Kier alpha value is -1.10. The van der Waals surface area contributed by atoms with Crippen LogP contribution in [0, 0.1) is 0 Å². The second kappa shape index (κ2) is 9.78. The minimum Gasteiger partial charge on any atom is -0.481 e. The zero-order chi connectivity index (χ0) is 14.7. The van der Waals surface area contributed by atoms with Gasteiger partial charge in [0.25, 0.3) is 0 Å². The van der Waals surface area contributed by atoms with E-state index in [1.807, 2.05) is 13.8 Å². The minimum atomic E-state index is -1.56. The summed E-state index contributed by atoms with van der Waals surface area (Å²) >= 11 is 0. The van der Waals surface area contributed by atoms with Gasteiger partial charge >= 0.3 is 11.9 Å². The number of hydrogen-bond acceptors (Lipinski definition) is 3. The first kappa shape index (κ1) is 17.9. The number of rotatable bonds is 12. The SMILES string of the molecule is CCCCCOC(CCCCC)(CC(=O)O)C(=O)O. The fourth-order valence-electron chi connectivity index (χ4n) is 1.98. The van der Waals surface area contributed by atoms with E-state index in [0.717, 1.165) is 32.1 Å². The summed E-state index contributed by atoms with van der Waals surface area (Å²) in [6.45, 7) is 4.37. The van der Waals surface area contributed by atoms with Crippen molar-refractivity contribution in [2.75, 3.05) is 6.61 Å². The highest BCUT2D eigenvalue weighted by Crippen LogP contribution is 2.25. The fourth-order valence-corrected chi connectivity index (χ4v) is 1.98. The summed E-state index contributed by atoms with van der Waals surface area (Å²) in [5.74, 6) is -2.29. The normalized spacial score (nSPS) is 14.0.